The third kappa shape index (κ3) is 4.86. The van der Waals surface area contributed by atoms with Crippen molar-refractivity contribution in [3.05, 3.63) is 59.2 Å². The molecule has 0 radical (unpaired) electrons. The van der Waals surface area contributed by atoms with Crippen LogP contribution in [0.4, 0.5) is 0 Å². The quantitative estimate of drug-likeness (QED) is 0.866. The lowest BCUT2D eigenvalue weighted by Crippen LogP contribution is -2.36. The average Bonchev–Trinajstić information content (AvgIpc) is 2.62. The summed E-state index contributed by atoms with van der Waals surface area (Å²) in [7, 11) is 0. The SMILES string of the molecule is Cc1cccc(CN(Cc2cnc(C(=O)O)cn2)C2CCCCC2)c1. The molecule has 2 aromatic rings. The fourth-order valence-corrected chi connectivity index (χ4v) is 3.56. The average molecular weight is 339 g/mol. The third-order valence-electron chi connectivity index (χ3n) is 4.85. The van der Waals surface area contributed by atoms with Gasteiger partial charge < -0.3 is 5.11 Å². The molecule has 0 spiro atoms. The van der Waals surface area contributed by atoms with Crippen LogP contribution in [0.2, 0.25) is 0 Å². The predicted molar refractivity (Wildman–Crippen MR) is 96.3 cm³/mol. The predicted octanol–water partition coefficient (Wildman–Crippen LogP) is 3.82. The highest BCUT2D eigenvalue weighted by Gasteiger charge is 2.22. The Kier molecular flexibility index (Phi) is 5.76. The molecule has 132 valence electrons. The van der Waals surface area contributed by atoms with Crippen LogP contribution in [-0.2, 0) is 13.1 Å². The number of rotatable bonds is 6. The summed E-state index contributed by atoms with van der Waals surface area (Å²) in [5.41, 5.74) is 3.39. The van der Waals surface area contributed by atoms with Crippen LogP contribution in [0.15, 0.2) is 36.7 Å². The monoisotopic (exact) mass is 339 g/mol. The van der Waals surface area contributed by atoms with Gasteiger partial charge in [0.1, 0.15) is 0 Å². The summed E-state index contributed by atoms with van der Waals surface area (Å²) >= 11 is 0. The van der Waals surface area contributed by atoms with E-state index in [4.69, 9.17) is 5.11 Å². The number of aromatic carboxylic acids is 1. The van der Waals surface area contributed by atoms with Crippen molar-refractivity contribution in [3.8, 4) is 0 Å². The first-order valence-corrected chi connectivity index (χ1v) is 8.95. The lowest BCUT2D eigenvalue weighted by molar-refractivity contribution is 0.0689. The number of carboxylic acids is 1. The Hall–Kier alpha value is -2.27. The summed E-state index contributed by atoms with van der Waals surface area (Å²) in [6.07, 6.45) is 9.25. The number of aryl methyl sites for hydroxylation is 1. The molecule has 1 fully saturated rings. The van der Waals surface area contributed by atoms with Crippen LogP contribution in [-0.4, -0.2) is 32.0 Å². The molecular formula is C20H25N3O2. The maximum Gasteiger partial charge on any atom is 0.356 e. The fraction of sp³-hybridized carbons (Fsp3) is 0.450. The molecule has 1 aliphatic carbocycles. The molecule has 1 aromatic carbocycles. The van der Waals surface area contributed by atoms with Gasteiger partial charge in [-0.2, -0.15) is 0 Å². The number of carbonyl (C=O) groups is 1. The summed E-state index contributed by atoms with van der Waals surface area (Å²) in [6.45, 7) is 3.70. The first kappa shape index (κ1) is 17.5. The molecule has 1 heterocycles. The minimum Gasteiger partial charge on any atom is -0.476 e. The summed E-state index contributed by atoms with van der Waals surface area (Å²) in [5, 5.41) is 8.97. The van der Waals surface area contributed by atoms with Gasteiger partial charge in [-0.1, -0.05) is 49.1 Å². The van der Waals surface area contributed by atoms with Crippen molar-refractivity contribution in [2.75, 3.05) is 0 Å². The highest BCUT2D eigenvalue weighted by molar-refractivity contribution is 5.84. The van der Waals surface area contributed by atoms with E-state index >= 15 is 0 Å². The van der Waals surface area contributed by atoms with Crippen molar-refractivity contribution in [2.24, 2.45) is 0 Å². The summed E-state index contributed by atoms with van der Waals surface area (Å²) in [4.78, 5) is 21.7. The van der Waals surface area contributed by atoms with Crippen molar-refractivity contribution in [1.29, 1.82) is 0 Å². The van der Waals surface area contributed by atoms with Gasteiger partial charge in [-0.05, 0) is 25.3 Å². The zero-order valence-corrected chi connectivity index (χ0v) is 14.7. The van der Waals surface area contributed by atoms with Crippen LogP contribution in [0.5, 0.6) is 0 Å². The molecule has 3 rings (SSSR count). The number of aromatic nitrogens is 2. The summed E-state index contributed by atoms with van der Waals surface area (Å²) in [6, 6.07) is 9.17. The Balaban J connectivity index is 1.76. The highest BCUT2D eigenvalue weighted by atomic mass is 16.4. The molecule has 1 N–H and O–H groups in total. The van der Waals surface area contributed by atoms with E-state index in [9.17, 15) is 4.79 Å². The van der Waals surface area contributed by atoms with E-state index in [1.807, 2.05) is 0 Å². The van der Waals surface area contributed by atoms with E-state index in [-0.39, 0.29) is 5.69 Å². The van der Waals surface area contributed by atoms with Crippen molar-refractivity contribution in [2.45, 2.75) is 58.2 Å². The third-order valence-corrected chi connectivity index (χ3v) is 4.85. The Morgan fingerprint density at radius 1 is 1.16 bits per heavy atom. The second kappa shape index (κ2) is 8.21. The maximum absolute atomic E-state index is 10.9. The first-order valence-electron chi connectivity index (χ1n) is 8.95. The van der Waals surface area contributed by atoms with Crippen molar-refractivity contribution in [1.82, 2.24) is 14.9 Å². The van der Waals surface area contributed by atoms with Gasteiger partial charge >= 0.3 is 5.97 Å². The summed E-state index contributed by atoms with van der Waals surface area (Å²) in [5.74, 6) is -1.04. The molecule has 25 heavy (non-hydrogen) atoms. The zero-order chi connectivity index (χ0) is 17.6. The number of carboxylic acid groups (broad SMARTS) is 1. The number of hydrogen-bond donors (Lipinski definition) is 1. The fourth-order valence-electron chi connectivity index (χ4n) is 3.56. The number of benzene rings is 1. The molecule has 5 nitrogen and oxygen atoms in total. The second-order valence-electron chi connectivity index (χ2n) is 6.88. The van der Waals surface area contributed by atoms with Gasteiger partial charge in [-0.3, -0.25) is 9.88 Å². The van der Waals surface area contributed by atoms with Crippen molar-refractivity contribution >= 4 is 5.97 Å². The molecule has 0 aliphatic heterocycles. The van der Waals surface area contributed by atoms with E-state index < -0.39 is 5.97 Å². The summed E-state index contributed by atoms with van der Waals surface area (Å²) < 4.78 is 0. The van der Waals surface area contributed by atoms with Gasteiger partial charge in [0, 0.05) is 19.1 Å². The van der Waals surface area contributed by atoms with E-state index in [1.54, 1.807) is 6.20 Å². The largest absolute Gasteiger partial charge is 0.476 e. The zero-order valence-electron chi connectivity index (χ0n) is 14.7. The minimum atomic E-state index is -1.04. The van der Waals surface area contributed by atoms with Crippen LogP contribution in [0.25, 0.3) is 0 Å². The van der Waals surface area contributed by atoms with Gasteiger partial charge in [0.15, 0.2) is 5.69 Å². The standard InChI is InChI=1S/C20H25N3O2/c1-15-6-5-7-16(10-15)13-23(18-8-3-2-4-9-18)14-17-11-22-19(12-21-17)20(24)25/h5-7,10-12,18H,2-4,8-9,13-14H2,1H3,(H,24,25). The Labute approximate surface area is 148 Å². The molecular weight excluding hydrogens is 314 g/mol. The molecule has 1 aliphatic rings. The molecule has 1 aromatic heterocycles. The highest BCUT2D eigenvalue weighted by Crippen LogP contribution is 2.25. The molecule has 5 heteroatoms. The van der Waals surface area contributed by atoms with E-state index in [2.05, 4.69) is 46.1 Å². The lowest BCUT2D eigenvalue weighted by Gasteiger charge is -2.34. The molecule has 0 atom stereocenters. The van der Waals surface area contributed by atoms with E-state index in [0.29, 0.717) is 12.6 Å². The van der Waals surface area contributed by atoms with Gasteiger partial charge in [0.05, 0.1) is 18.1 Å². The van der Waals surface area contributed by atoms with Crippen molar-refractivity contribution < 1.29 is 9.90 Å². The lowest BCUT2D eigenvalue weighted by atomic mass is 9.93. The van der Waals surface area contributed by atoms with Gasteiger partial charge in [0.25, 0.3) is 0 Å². The number of nitrogens with zero attached hydrogens (tertiary/aromatic N) is 3. The Morgan fingerprint density at radius 3 is 2.60 bits per heavy atom. The smallest absolute Gasteiger partial charge is 0.356 e. The van der Waals surface area contributed by atoms with Gasteiger partial charge in [0.2, 0.25) is 0 Å². The Morgan fingerprint density at radius 2 is 1.96 bits per heavy atom. The van der Waals surface area contributed by atoms with Gasteiger partial charge in [-0.15, -0.1) is 0 Å². The molecule has 0 amide bonds. The normalized spacial score (nSPS) is 15.4. The Bertz CT molecular complexity index is 709. The molecule has 0 bridgehead atoms. The number of hydrogen-bond acceptors (Lipinski definition) is 4. The molecule has 1 saturated carbocycles. The topological polar surface area (TPSA) is 66.3 Å². The maximum atomic E-state index is 10.9. The van der Waals surface area contributed by atoms with Crippen molar-refractivity contribution in [3.63, 3.8) is 0 Å². The minimum absolute atomic E-state index is 0.00773. The molecule has 0 unspecified atom stereocenters. The first-order chi connectivity index (χ1) is 12.1. The second-order valence-corrected chi connectivity index (χ2v) is 6.88. The van der Waals surface area contributed by atoms with Crippen LogP contribution in [0.3, 0.4) is 0 Å². The van der Waals surface area contributed by atoms with Crippen LogP contribution in [0, 0.1) is 6.92 Å². The van der Waals surface area contributed by atoms with E-state index in [1.165, 1.54) is 49.4 Å². The van der Waals surface area contributed by atoms with Gasteiger partial charge in [-0.25, -0.2) is 9.78 Å². The van der Waals surface area contributed by atoms with Crippen LogP contribution in [0.1, 0.15) is 59.4 Å². The van der Waals surface area contributed by atoms with Crippen LogP contribution < -0.4 is 0 Å². The van der Waals surface area contributed by atoms with Crippen LogP contribution >= 0.6 is 0 Å². The molecule has 0 saturated heterocycles. The van der Waals surface area contributed by atoms with E-state index in [0.717, 1.165) is 12.2 Å².